The first-order chi connectivity index (χ1) is 8.79. The molecule has 0 radical (unpaired) electrons. The van der Waals surface area contributed by atoms with Crippen LogP contribution >= 0.6 is 0 Å². The monoisotopic (exact) mass is 246 g/mol. The maximum Gasteiger partial charge on any atom is 0.0449 e. The molecule has 2 rings (SSSR count). The zero-order valence-electron chi connectivity index (χ0n) is 11.7. The minimum absolute atomic E-state index is 0.467. The van der Waals surface area contributed by atoms with Crippen LogP contribution in [0.5, 0.6) is 0 Å². The second-order valence-corrected chi connectivity index (χ2v) is 5.58. The molecule has 18 heavy (non-hydrogen) atoms. The van der Waals surface area contributed by atoms with Crippen LogP contribution in [0.4, 0.5) is 0 Å². The summed E-state index contributed by atoms with van der Waals surface area (Å²) in [5, 5.41) is 3.67. The van der Waals surface area contributed by atoms with Crippen LogP contribution in [0, 0.1) is 5.92 Å². The van der Waals surface area contributed by atoms with Crippen molar-refractivity contribution in [1.29, 1.82) is 0 Å². The van der Waals surface area contributed by atoms with Crippen LogP contribution in [-0.4, -0.2) is 31.6 Å². The Kier molecular flexibility index (Phi) is 5.21. The number of likely N-dealkylation sites (N-methyl/N-ethyl adjacent to an activating group) is 1. The minimum atomic E-state index is 0.467. The molecule has 0 aromatic heterocycles. The standard InChI is InChI=1S/C16H26N2/c1-3-11-17-16(15-7-5-4-6-8-15)13-18(2)12-14-9-10-14/h4-8,14,16-17H,3,9-13H2,1-2H3. The molecule has 2 heteroatoms. The predicted molar refractivity (Wildman–Crippen MR) is 77.7 cm³/mol. The third kappa shape index (κ3) is 4.43. The molecule has 0 amide bonds. The summed E-state index contributed by atoms with van der Waals surface area (Å²) in [5.41, 5.74) is 1.41. The van der Waals surface area contributed by atoms with E-state index in [1.54, 1.807) is 0 Å². The highest BCUT2D eigenvalue weighted by molar-refractivity contribution is 5.19. The highest BCUT2D eigenvalue weighted by Gasteiger charge is 2.24. The summed E-state index contributed by atoms with van der Waals surface area (Å²) in [7, 11) is 2.25. The predicted octanol–water partition coefficient (Wildman–Crippen LogP) is 3.07. The third-order valence-electron chi connectivity index (χ3n) is 3.60. The molecule has 1 N–H and O–H groups in total. The molecule has 1 aromatic rings. The van der Waals surface area contributed by atoms with Crippen molar-refractivity contribution in [3.63, 3.8) is 0 Å². The highest BCUT2D eigenvalue weighted by atomic mass is 15.1. The molecule has 1 aliphatic carbocycles. The van der Waals surface area contributed by atoms with Gasteiger partial charge in [-0.3, -0.25) is 0 Å². The average molecular weight is 246 g/mol. The minimum Gasteiger partial charge on any atom is -0.309 e. The molecule has 1 fully saturated rings. The zero-order chi connectivity index (χ0) is 12.8. The molecule has 0 saturated heterocycles. The molecule has 1 atom stereocenters. The van der Waals surface area contributed by atoms with E-state index < -0.39 is 0 Å². The Morgan fingerprint density at radius 2 is 2.00 bits per heavy atom. The summed E-state index contributed by atoms with van der Waals surface area (Å²) in [5.74, 6) is 0.970. The van der Waals surface area contributed by atoms with Crippen LogP contribution < -0.4 is 5.32 Å². The fraction of sp³-hybridized carbons (Fsp3) is 0.625. The number of hydrogen-bond acceptors (Lipinski definition) is 2. The van der Waals surface area contributed by atoms with Gasteiger partial charge in [0.2, 0.25) is 0 Å². The topological polar surface area (TPSA) is 15.3 Å². The van der Waals surface area contributed by atoms with Crippen molar-refractivity contribution in [3.05, 3.63) is 35.9 Å². The van der Waals surface area contributed by atoms with Crippen molar-refractivity contribution in [1.82, 2.24) is 10.2 Å². The van der Waals surface area contributed by atoms with Crippen LogP contribution in [0.15, 0.2) is 30.3 Å². The second-order valence-electron chi connectivity index (χ2n) is 5.58. The van der Waals surface area contributed by atoms with Crippen LogP contribution in [0.3, 0.4) is 0 Å². The number of nitrogens with one attached hydrogen (secondary N) is 1. The van der Waals surface area contributed by atoms with Crippen molar-refractivity contribution in [2.45, 2.75) is 32.2 Å². The highest BCUT2D eigenvalue weighted by Crippen LogP contribution is 2.29. The molecule has 0 heterocycles. The van der Waals surface area contributed by atoms with Gasteiger partial charge in [0, 0.05) is 19.1 Å². The number of rotatable bonds is 8. The summed E-state index contributed by atoms with van der Waals surface area (Å²) in [4.78, 5) is 2.48. The van der Waals surface area contributed by atoms with Crippen molar-refractivity contribution in [3.8, 4) is 0 Å². The van der Waals surface area contributed by atoms with Crippen LogP contribution in [0.2, 0.25) is 0 Å². The molecule has 2 nitrogen and oxygen atoms in total. The Hall–Kier alpha value is -0.860. The van der Waals surface area contributed by atoms with Crippen LogP contribution in [-0.2, 0) is 0 Å². The Labute approximate surface area is 111 Å². The Morgan fingerprint density at radius 3 is 2.61 bits per heavy atom. The van der Waals surface area contributed by atoms with E-state index in [4.69, 9.17) is 0 Å². The summed E-state index contributed by atoms with van der Waals surface area (Å²) in [6.07, 6.45) is 4.06. The van der Waals surface area contributed by atoms with Gasteiger partial charge in [-0.1, -0.05) is 37.3 Å². The molecule has 0 aliphatic heterocycles. The lowest BCUT2D eigenvalue weighted by Crippen LogP contribution is -2.34. The van der Waals surface area contributed by atoms with Gasteiger partial charge in [0.25, 0.3) is 0 Å². The fourth-order valence-corrected chi connectivity index (χ4v) is 2.42. The van der Waals surface area contributed by atoms with Crippen LogP contribution in [0.25, 0.3) is 0 Å². The molecule has 100 valence electrons. The maximum absolute atomic E-state index is 3.67. The van der Waals surface area contributed by atoms with E-state index in [-0.39, 0.29) is 0 Å². The van der Waals surface area contributed by atoms with E-state index in [0.717, 1.165) is 19.0 Å². The smallest absolute Gasteiger partial charge is 0.0449 e. The molecule has 1 aliphatic rings. The molecule has 1 aromatic carbocycles. The normalized spacial score (nSPS) is 17.1. The Morgan fingerprint density at radius 1 is 1.28 bits per heavy atom. The quantitative estimate of drug-likeness (QED) is 0.758. The van der Waals surface area contributed by atoms with Gasteiger partial charge in [-0.15, -0.1) is 0 Å². The lowest BCUT2D eigenvalue weighted by atomic mass is 10.1. The first kappa shape index (κ1) is 13.6. The molecule has 1 unspecified atom stereocenters. The van der Waals surface area contributed by atoms with Gasteiger partial charge in [0.05, 0.1) is 0 Å². The van der Waals surface area contributed by atoms with E-state index in [2.05, 4.69) is 54.5 Å². The number of benzene rings is 1. The van der Waals surface area contributed by atoms with Crippen LogP contribution in [0.1, 0.15) is 37.8 Å². The van der Waals surface area contributed by atoms with Gasteiger partial charge >= 0.3 is 0 Å². The lowest BCUT2D eigenvalue weighted by Gasteiger charge is -2.25. The van der Waals surface area contributed by atoms with E-state index in [0.29, 0.717) is 6.04 Å². The first-order valence-corrected chi connectivity index (χ1v) is 7.26. The fourth-order valence-electron chi connectivity index (χ4n) is 2.42. The van der Waals surface area contributed by atoms with E-state index >= 15 is 0 Å². The Bertz CT molecular complexity index is 332. The van der Waals surface area contributed by atoms with E-state index in [1.807, 2.05) is 0 Å². The summed E-state index contributed by atoms with van der Waals surface area (Å²) < 4.78 is 0. The van der Waals surface area contributed by atoms with Crippen molar-refractivity contribution >= 4 is 0 Å². The zero-order valence-corrected chi connectivity index (χ0v) is 11.7. The molecule has 1 saturated carbocycles. The number of nitrogens with zero attached hydrogens (tertiary/aromatic N) is 1. The Balaban J connectivity index is 1.91. The van der Waals surface area contributed by atoms with Gasteiger partial charge in [0.15, 0.2) is 0 Å². The largest absolute Gasteiger partial charge is 0.309 e. The molecule has 0 spiro atoms. The average Bonchev–Trinajstić information content (AvgIpc) is 3.19. The first-order valence-electron chi connectivity index (χ1n) is 7.26. The van der Waals surface area contributed by atoms with Crippen molar-refractivity contribution in [2.75, 3.05) is 26.7 Å². The van der Waals surface area contributed by atoms with Gasteiger partial charge in [0.1, 0.15) is 0 Å². The van der Waals surface area contributed by atoms with E-state index in [1.165, 1.54) is 31.4 Å². The second kappa shape index (κ2) is 6.91. The SMILES string of the molecule is CCCNC(CN(C)CC1CC1)c1ccccc1. The molecular weight excluding hydrogens is 220 g/mol. The summed E-state index contributed by atoms with van der Waals surface area (Å²) >= 11 is 0. The lowest BCUT2D eigenvalue weighted by molar-refractivity contribution is 0.280. The van der Waals surface area contributed by atoms with Gasteiger partial charge < -0.3 is 10.2 Å². The van der Waals surface area contributed by atoms with E-state index in [9.17, 15) is 0 Å². The van der Waals surface area contributed by atoms with Gasteiger partial charge in [-0.2, -0.15) is 0 Å². The van der Waals surface area contributed by atoms with Crippen molar-refractivity contribution in [2.24, 2.45) is 5.92 Å². The summed E-state index contributed by atoms with van der Waals surface area (Å²) in [6, 6.07) is 11.3. The third-order valence-corrected chi connectivity index (χ3v) is 3.60. The molecular formula is C16H26N2. The van der Waals surface area contributed by atoms with Gasteiger partial charge in [-0.25, -0.2) is 0 Å². The maximum atomic E-state index is 3.67. The van der Waals surface area contributed by atoms with Crippen molar-refractivity contribution < 1.29 is 0 Å². The number of hydrogen-bond donors (Lipinski definition) is 1. The summed E-state index contributed by atoms with van der Waals surface area (Å²) in [6.45, 7) is 5.69. The molecule has 0 bridgehead atoms. The van der Waals surface area contributed by atoms with Gasteiger partial charge in [-0.05, 0) is 44.3 Å².